The van der Waals surface area contributed by atoms with Gasteiger partial charge in [0.2, 0.25) is 5.88 Å². The molecule has 9 nitrogen and oxygen atoms in total. The highest BCUT2D eigenvalue weighted by atomic mass is 19.1. The van der Waals surface area contributed by atoms with Crippen LogP contribution in [-0.2, 0) is 4.79 Å². The molecule has 5 rings (SSSR count). The molecule has 40 heavy (non-hydrogen) atoms. The van der Waals surface area contributed by atoms with Gasteiger partial charge in [-0.3, -0.25) is 14.7 Å². The van der Waals surface area contributed by atoms with Crippen LogP contribution in [0.2, 0.25) is 0 Å². The Kier molecular flexibility index (Phi) is 7.20. The van der Waals surface area contributed by atoms with Crippen molar-refractivity contribution in [3.05, 3.63) is 101 Å². The number of anilines is 1. The van der Waals surface area contributed by atoms with E-state index in [9.17, 15) is 18.7 Å². The second-order valence-corrected chi connectivity index (χ2v) is 9.35. The van der Waals surface area contributed by atoms with Crippen LogP contribution in [0.3, 0.4) is 0 Å². The van der Waals surface area contributed by atoms with Crippen molar-refractivity contribution >= 4 is 17.4 Å². The molecule has 1 aromatic carbocycles. The Morgan fingerprint density at radius 3 is 2.48 bits per heavy atom. The Balaban J connectivity index is 1.58. The zero-order valence-corrected chi connectivity index (χ0v) is 22.2. The molecule has 1 N–H and O–H groups in total. The van der Waals surface area contributed by atoms with E-state index in [2.05, 4.69) is 21.5 Å². The highest BCUT2D eigenvalue weighted by Gasteiger charge is 2.39. The van der Waals surface area contributed by atoms with Gasteiger partial charge in [-0.05, 0) is 37.6 Å². The lowest BCUT2D eigenvalue weighted by Gasteiger charge is -2.33. The van der Waals surface area contributed by atoms with E-state index in [1.807, 2.05) is 13.0 Å². The van der Waals surface area contributed by atoms with Crippen LogP contribution >= 0.6 is 0 Å². The number of aryl methyl sites for hydroxylation is 1. The normalized spacial score (nSPS) is 17.3. The van der Waals surface area contributed by atoms with Crippen LogP contribution in [0.5, 0.6) is 11.5 Å². The van der Waals surface area contributed by atoms with Gasteiger partial charge >= 0.3 is 0 Å². The number of ether oxygens (including phenoxy) is 2. The van der Waals surface area contributed by atoms with Gasteiger partial charge < -0.3 is 19.5 Å². The maximum Gasteiger partial charge on any atom is 0.261 e. The number of carbonyl (C=O) groups excluding carboxylic acids is 1. The van der Waals surface area contributed by atoms with E-state index in [0.29, 0.717) is 35.0 Å². The standard InChI is InChI=1S/C29H27F2N5O4/c1-16-7-5-8-21(33-16)27-34-17(2)24(29(38)36(27)26-22(39-3)9-6-10-23(26)40-4)28(37)35-12-11-18(15-35)25-20(31)13-19(30)14-32-25/h5-10,13-14,18,38H,2,11-12,15H2,1,3-4H3. The van der Waals surface area contributed by atoms with E-state index in [4.69, 9.17) is 9.47 Å². The second kappa shape index (κ2) is 10.8. The third-order valence-electron chi connectivity index (χ3n) is 6.83. The van der Waals surface area contributed by atoms with Crippen LogP contribution < -0.4 is 14.4 Å². The van der Waals surface area contributed by atoms with Crippen LogP contribution in [0.25, 0.3) is 0 Å². The van der Waals surface area contributed by atoms with Gasteiger partial charge in [0.25, 0.3) is 5.91 Å². The van der Waals surface area contributed by atoms with Crippen LogP contribution in [0.1, 0.15) is 29.4 Å². The first kappa shape index (κ1) is 26.8. The number of halogens is 2. The summed E-state index contributed by atoms with van der Waals surface area (Å²) < 4.78 is 38.9. The average Bonchev–Trinajstić information content (AvgIpc) is 3.42. The third-order valence-corrected chi connectivity index (χ3v) is 6.83. The van der Waals surface area contributed by atoms with E-state index in [0.717, 1.165) is 12.3 Å². The molecule has 4 heterocycles. The lowest BCUT2D eigenvalue weighted by atomic mass is 10.0. The van der Waals surface area contributed by atoms with E-state index >= 15 is 0 Å². The summed E-state index contributed by atoms with van der Waals surface area (Å²) in [6.07, 6.45) is 1.36. The maximum absolute atomic E-state index is 14.4. The Hall–Kier alpha value is -4.80. The van der Waals surface area contributed by atoms with E-state index in [1.165, 1.54) is 24.0 Å². The number of pyridine rings is 2. The summed E-state index contributed by atoms with van der Waals surface area (Å²) in [6.45, 7) is 6.17. The lowest BCUT2D eigenvalue weighted by Crippen LogP contribution is -2.40. The second-order valence-electron chi connectivity index (χ2n) is 9.35. The van der Waals surface area contributed by atoms with Gasteiger partial charge in [-0.2, -0.15) is 0 Å². The Morgan fingerprint density at radius 2 is 1.82 bits per heavy atom. The number of benzene rings is 1. The highest BCUT2D eigenvalue weighted by molar-refractivity contribution is 6.16. The van der Waals surface area contributed by atoms with Crippen molar-refractivity contribution in [3.63, 3.8) is 0 Å². The zero-order chi connectivity index (χ0) is 28.6. The Morgan fingerprint density at radius 1 is 1.12 bits per heavy atom. The fraction of sp³-hybridized carbons (Fsp3) is 0.241. The predicted molar refractivity (Wildman–Crippen MR) is 144 cm³/mol. The number of methoxy groups -OCH3 is 2. The smallest absolute Gasteiger partial charge is 0.261 e. The summed E-state index contributed by atoms with van der Waals surface area (Å²) in [5.41, 5.74) is 1.42. The summed E-state index contributed by atoms with van der Waals surface area (Å²) in [4.78, 5) is 29.7. The number of hydrogen-bond donors (Lipinski definition) is 1. The van der Waals surface area contributed by atoms with Crippen molar-refractivity contribution < 1.29 is 28.2 Å². The Labute approximate surface area is 229 Å². The average molecular weight is 548 g/mol. The SMILES string of the molecule is C=C1N=C(c2cccc(C)n2)N(c2c(OC)cccc2OC)C(O)=C1C(=O)N1CCC(c2ncc(F)cc2F)C1. The summed E-state index contributed by atoms with van der Waals surface area (Å²) in [5.74, 6) is -2.06. The van der Waals surface area contributed by atoms with Crippen molar-refractivity contribution in [1.82, 2.24) is 14.9 Å². The number of amidine groups is 1. The molecule has 206 valence electrons. The van der Waals surface area contributed by atoms with Gasteiger partial charge in [0, 0.05) is 30.8 Å². The molecule has 2 aromatic heterocycles. The van der Waals surface area contributed by atoms with Gasteiger partial charge in [0.1, 0.15) is 40.1 Å². The topological polar surface area (TPSA) is 100 Å². The minimum Gasteiger partial charge on any atom is -0.494 e. The molecule has 0 radical (unpaired) electrons. The number of aliphatic imine (C=N–C) groups is 1. The number of para-hydroxylation sites is 1. The lowest BCUT2D eigenvalue weighted by molar-refractivity contribution is -0.126. The molecule has 11 heteroatoms. The number of amides is 1. The third kappa shape index (κ3) is 4.74. The molecule has 1 unspecified atom stereocenters. The molecule has 1 saturated heterocycles. The number of likely N-dealkylation sites (tertiary alicyclic amines) is 1. The molecule has 2 aliphatic rings. The molecule has 0 bridgehead atoms. The number of aliphatic hydroxyl groups is 1. The first-order valence-electron chi connectivity index (χ1n) is 12.5. The quantitative estimate of drug-likeness (QED) is 0.480. The molecule has 0 spiro atoms. The first-order valence-corrected chi connectivity index (χ1v) is 12.5. The van der Waals surface area contributed by atoms with Gasteiger partial charge in [0.05, 0.1) is 31.8 Å². The van der Waals surface area contributed by atoms with E-state index in [1.54, 1.807) is 30.3 Å². The number of nitrogens with zero attached hydrogens (tertiary/aromatic N) is 5. The molecule has 2 aliphatic heterocycles. The first-order chi connectivity index (χ1) is 19.2. The zero-order valence-electron chi connectivity index (χ0n) is 22.2. The van der Waals surface area contributed by atoms with Crippen molar-refractivity contribution in [2.45, 2.75) is 19.3 Å². The Bertz CT molecular complexity index is 1550. The molecule has 1 atom stereocenters. The summed E-state index contributed by atoms with van der Waals surface area (Å²) >= 11 is 0. The molecular formula is C29H27F2N5O4. The van der Waals surface area contributed by atoms with Crippen molar-refractivity contribution in [3.8, 4) is 11.5 Å². The number of aromatic nitrogens is 2. The molecule has 0 saturated carbocycles. The minimum atomic E-state index is -0.774. The highest BCUT2D eigenvalue weighted by Crippen LogP contribution is 2.43. The molecular weight excluding hydrogens is 520 g/mol. The number of hydrogen-bond acceptors (Lipinski definition) is 8. The summed E-state index contributed by atoms with van der Waals surface area (Å²) in [7, 11) is 2.95. The number of rotatable bonds is 6. The van der Waals surface area contributed by atoms with Crippen LogP contribution in [0.4, 0.5) is 14.5 Å². The fourth-order valence-electron chi connectivity index (χ4n) is 4.95. The fourth-order valence-corrected chi connectivity index (χ4v) is 4.95. The maximum atomic E-state index is 14.4. The molecule has 1 fully saturated rings. The molecule has 1 amide bonds. The van der Waals surface area contributed by atoms with Crippen LogP contribution in [-0.4, -0.2) is 59.0 Å². The molecule has 0 aliphatic carbocycles. The van der Waals surface area contributed by atoms with Gasteiger partial charge in [0.15, 0.2) is 5.84 Å². The van der Waals surface area contributed by atoms with Crippen LogP contribution in [0, 0.1) is 18.6 Å². The van der Waals surface area contributed by atoms with Crippen molar-refractivity contribution in [2.75, 3.05) is 32.2 Å². The number of carbonyl (C=O) groups is 1. The van der Waals surface area contributed by atoms with Gasteiger partial charge in [-0.1, -0.05) is 18.7 Å². The summed E-state index contributed by atoms with van der Waals surface area (Å²) in [6, 6.07) is 11.2. The van der Waals surface area contributed by atoms with E-state index in [-0.39, 0.29) is 35.9 Å². The van der Waals surface area contributed by atoms with Crippen molar-refractivity contribution in [2.24, 2.45) is 4.99 Å². The summed E-state index contributed by atoms with van der Waals surface area (Å²) in [5, 5.41) is 11.7. The number of aliphatic hydroxyl groups excluding tert-OH is 1. The monoisotopic (exact) mass is 547 g/mol. The predicted octanol–water partition coefficient (Wildman–Crippen LogP) is 4.65. The molecule has 3 aromatic rings. The van der Waals surface area contributed by atoms with Gasteiger partial charge in [-0.15, -0.1) is 0 Å². The van der Waals surface area contributed by atoms with Gasteiger partial charge in [-0.25, -0.2) is 18.8 Å². The van der Waals surface area contributed by atoms with Crippen LogP contribution in [0.15, 0.2) is 77.4 Å². The minimum absolute atomic E-state index is 0.0282. The largest absolute Gasteiger partial charge is 0.494 e. The van der Waals surface area contributed by atoms with Crippen molar-refractivity contribution in [1.29, 1.82) is 0 Å². The van der Waals surface area contributed by atoms with E-state index < -0.39 is 29.3 Å².